The summed E-state index contributed by atoms with van der Waals surface area (Å²) in [6.07, 6.45) is 0.995. The molecule has 1 fully saturated rings. The molecule has 3 aromatic rings. The number of fused-ring (bicyclic) bond motifs is 4. The molecule has 0 aromatic heterocycles. The molecule has 0 amide bonds. The second-order valence-electron chi connectivity index (χ2n) is 7.68. The molecule has 2 heterocycles. The molecule has 1 saturated heterocycles. The summed E-state index contributed by atoms with van der Waals surface area (Å²) in [5.74, 6) is 1.13. The molecule has 2 unspecified atom stereocenters. The van der Waals surface area contributed by atoms with E-state index in [-0.39, 0.29) is 16.4 Å². The fourth-order valence-electron chi connectivity index (χ4n) is 4.21. The number of ether oxygens (including phenoxy) is 1. The third-order valence-corrected chi connectivity index (χ3v) is 7.16. The summed E-state index contributed by atoms with van der Waals surface area (Å²) in [5.41, 5.74) is 0.886. The van der Waals surface area contributed by atoms with E-state index in [9.17, 15) is 8.42 Å². The Bertz CT molecular complexity index is 1170. The van der Waals surface area contributed by atoms with Crippen LogP contribution in [0.25, 0.3) is 10.8 Å². The lowest BCUT2D eigenvalue weighted by molar-refractivity contribution is 0.124. The maximum atomic E-state index is 12.8. The van der Waals surface area contributed by atoms with Gasteiger partial charge in [0, 0.05) is 17.5 Å². The van der Waals surface area contributed by atoms with Gasteiger partial charge in [0.1, 0.15) is 22.5 Å². The largest absolute Gasteiger partial charge is 0.488 e. The van der Waals surface area contributed by atoms with Crippen LogP contribution in [0.5, 0.6) is 11.5 Å². The maximum absolute atomic E-state index is 12.8. The van der Waals surface area contributed by atoms with Gasteiger partial charge in [-0.25, -0.2) is 0 Å². The smallest absolute Gasteiger partial charge is 0.339 e. The lowest BCUT2D eigenvalue weighted by Crippen LogP contribution is -2.49. The first kappa shape index (κ1) is 17.5. The van der Waals surface area contributed by atoms with Gasteiger partial charge in [-0.05, 0) is 54.1 Å². The third-order valence-electron chi connectivity index (χ3n) is 5.91. The summed E-state index contributed by atoms with van der Waals surface area (Å²) in [5, 5.41) is 5.20. The molecular formula is C22H21NO4S. The highest BCUT2D eigenvalue weighted by atomic mass is 32.2. The molecule has 0 radical (unpaired) electrons. The van der Waals surface area contributed by atoms with Gasteiger partial charge in [0.2, 0.25) is 0 Å². The van der Waals surface area contributed by atoms with Gasteiger partial charge in [-0.15, -0.1) is 0 Å². The molecule has 5 nitrogen and oxygen atoms in total. The average Bonchev–Trinajstić information content (AvgIpc) is 2.99. The Morgan fingerprint density at radius 2 is 1.89 bits per heavy atom. The van der Waals surface area contributed by atoms with E-state index in [2.05, 4.69) is 12.2 Å². The summed E-state index contributed by atoms with van der Waals surface area (Å²) in [7, 11) is -3.92. The SMILES string of the molecule is CC12CCNCC1Oc1ccc(OS(=O)(=O)c3ccc4ccccc4c3)cc12. The Balaban J connectivity index is 1.48. The summed E-state index contributed by atoms with van der Waals surface area (Å²) in [6.45, 7) is 3.87. The quantitative estimate of drug-likeness (QED) is 0.686. The van der Waals surface area contributed by atoms with E-state index >= 15 is 0 Å². The molecule has 5 rings (SSSR count). The summed E-state index contributed by atoms with van der Waals surface area (Å²) >= 11 is 0. The number of piperidine rings is 1. The second-order valence-corrected chi connectivity index (χ2v) is 9.23. The third kappa shape index (κ3) is 2.75. The summed E-state index contributed by atoms with van der Waals surface area (Å²) in [6, 6.07) is 18.0. The van der Waals surface area contributed by atoms with Crippen molar-refractivity contribution in [3.63, 3.8) is 0 Å². The molecule has 0 bridgehead atoms. The number of hydrogen-bond acceptors (Lipinski definition) is 5. The Morgan fingerprint density at radius 3 is 2.75 bits per heavy atom. The van der Waals surface area contributed by atoms with Crippen molar-refractivity contribution in [1.29, 1.82) is 0 Å². The zero-order valence-corrected chi connectivity index (χ0v) is 16.3. The molecular weight excluding hydrogens is 374 g/mol. The van der Waals surface area contributed by atoms with Gasteiger partial charge in [0.25, 0.3) is 0 Å². The van der Waals surface area contributed by atoms with Gasteiger partial charge in [0.15, 0.2) is 0 Å². The van der Waals surface area contributed by atoms with Crippen molar-refractivity contribution in [3.05, 3.63) is 66.2 Å². The highest BCUT2D eigenvalue weighted by molar-refractivity contribution is 7.87. The Hall–Kier alpha value is -2.57. The van der Waals surface area contributed by atoms with Crippen molar-refractivity contribution >= 4 is 20.9 Å². The van der Waals surface area contributed by atoms with Gasteiger partial charge < -0.3 is 14.2 Å². The maximum Gasteiger partial charge on any atom is 0.339 e. The molecule has 3 aromatic carbocycles. The van der Waals surface area contributed by atoms with Crippen LogP contribution in [0, 0.1) is 0 Å². The summed E-state index contributed by atoms with van der Waals surface area (Å²) < 4.78 is 37.2. The highest BCUT2D eigenvalue weighted by Crippen LogP contribution is 2.47. The minimum Gasteiger partial charge on any atom is -0.488 e. The number of rotatable bonds is 3. The zero-order chi connectivity index (χ0) is 19.4. The van der Waals surface area contributed by atoms with E-state index in [0.717, 1.165) is 41.6 Å². The van der Waals surface area contributed by atoms with E-state index in [1.165, 1.54) is 0 Å². The van der Waals surface area contributed by atoms with Gasteiger partial charge in [-0.1, -0.05) is 37.3 Å². The normalized spacial score (nSPS) is 23.7. The second kappa shape index (κ2) is 6.22. The molecule has 0 spiro atoms. The van der Waals surface area contributed by atoms with Crippen LogP contribution in [-0.2, 0) is 15.5 Å². The minimum atomic E-state index is -3.92. The summed E-state index contributed by atoms with van der Waals surface area (Å²) in [4.78, 5) is 0.147. The van der Waals surface area contributed by atoms with Crippen LogP contribution in [-0.4, -0.2) is 27.6 Å². The Kier molecular flexibility index (Phi) is 3.89. The van der Waals surface area contributed by atoms with Crippen LogP contribution in [0.3, 0.4) is 0 Å². The fourth-order valence-corrected chi connectivity index (χ4v) is 5.17. The monoisotopic (exact) mass is 395 g/mol. The van der Waals surface area contributed by atoms with Crippen LogP contribution in [0.1, 0.15) is 18.9 Å². The molecule has 0 aliphatic carbocycles. The number of nitrogens with one attached hydrogen (secondary N) is 1. The van der Waals surface area contributed by atoms with Crippen molar-refractivity contribution in [2.75, 3.05) is 13.1 Å². The van der Waals surface area contributed by atoms with E-state index in [1.54, 1.807) is 24.3 Å². The Labute approximate surface area is 164 Å². The average molecular weight is 395 g/mol. The Morgan fingerprint density at radius 1 is 1.07 bits per heavy atom. The van der Waals surface area contributed by atoms with E-state index in [1.807, 2.05) is 36.4 Å². The van der Waals surface area contributed by atoms with E-state index < -0.39 is 10.1 Å². The van der Waals surface area contributed by atoms with Crippen molar-refractivity contribution in [1.82, 2.24) is 5.32 Å². The number of benzene rings is 3. The fraction of sp³-hybridized carbons (Fsp3) is 0.273. The van der Waals surface area contributed by atoms with Crippen molar-refractivity contribution in [2.45, 2.75) is 29.8 Å². The van der Waals surface area contributed by atoms with Gasteiger partial charge >= 0.3 is 10.1 Å². The van der Waals surface area contributed by atoms with Crippen LogP contribution in [0.4, 0.5) is 0 Å². The van der Waals surface area contributed by atoms with Gasteiger partial charge in [-0.3, -0.25) is 0 Å². The zero-order valence-electron chi connectivity index (χ0n) is 15.5. The van der Waals surface area contributed by atoms with E-state index in [4.69, 9.17) is 8.92 Å². The first-order valence-corrected chi connectivity index (χ1v) is 10.8. The molecule has 144 valence electrons. The molecule has 2 aliphatic rings. The van der Waals surface area contributed by atoms with Crippen LogP contribution >= 0.6 is 0 Å². The van der Waals surface area contributed by atoms with Crippen molar-refractivity contribution in [3.8, 4) is 11.5 Å². The molecule has 28 heavy (non-hydrogen) atoms. The minimum absolute atomic E-state index is 0.0589. The van der Waals surface area contributed by atoms with Gasteiger partial charge in [0.05, 0.1) is 0 Å². The molecule has 6 heteroatoms. The topological polar surface area (TPSA) is 64.6 Å². The van der Waals surface area contributed by atoms with Crippen molar-refractivity contribution < 1.29 is 17.3 Å². The van der Waals surface area contributed by atoms with Gasteiger partial charge in [-0.2, -0.15) is 8.42 Å². The molecule has 2 atom stereocenters. The van der Waals surface area contributed by atoms with E-state index in [0.29, 0.717) is 5.75 Å². The van der Waals surface area contributed by atoms with Crippen LogP contribution in [0.2, 0.25) is 0 Å². The molecule has 0 saturated carbocycles. The number of hydrogen-bond donors (Lipinski definition) is 1. The highest BCUT2D eigenvalue weighted by Gasteiger charge is 2.46. The first-order valence-electron chi connectivity index (χ1n) is 9.41. The van der Waals surface area contributed by atoms with Crippen LogP contribution < -0.4 is 14.2 Å². The van der Waals surface area contributed by atoms with Crippen LogP contribution in [0.15, 0.2) is 65.6 Å². The molecule has 1 N–H and O–H groups in total. The first-order chi connectivity index (χ1) is 13.5. The lowest BCUT2D eigenvalue weighted by Gasteiger charge is -2.35. The predicted octanol–water partition coefficient (Wildman–Crippen LogP) is 3.62. The standard InChI is InChI=1S/C22H21NO4S/c1-22-10-11-23-14-21(22)26-20-9-7-17(13-19(20)22)27-28(24,25)18-8-6-15-4-2-3-5-16(15)12-18/h2-9,12-13,21,23H,10-11,14H2,1H3. The van der Waals surface area contributed by atoms with Crippen molar-refractivity contribution in [2.24, 2.45) is 0 Å². The molecule has 2 aliphatic heterocycles. The lowest BCUT2D eigenvalue weighted by atomic mass is 9.74. The predicted molar refractivity (Wildman–Crippen MR) is 107 cm³/mol.